The number of piperazine rings is 1. The second-order valence-corrected chi connectivity index (χ2v) is 8.81. The molecule has 0 radical (unpaired) electrons. The Morgan fingerprint density at radius 1 is 0.812 bits per heavy atom. The number of hydrogen-bond acceptors (Lipinski definition) is 3. The molecule has 0 aromatic heterocycles. The summed E-state index contributed by atoms with van der Waals surface area (Å²) < 4.78 is 6.00. The van der Waals surface area contributed by atoms with Gasteiger partial charge in [-0.2, -0.15) is 0 Å². The van der Waals surface area contributed by atoms with Crippen molar-refractivity contribution in [3.05, 3.63) is 100 Å². The Balaban J connectivity index is 1.32. The third-order valence-corrected chi connectivity index (χ3v) is 6.08. The number of benzene rings is 3. The highest BCUT2D eigenvalue weighted by Gasteiger charge is 2.22. The van der Waals surface area contributed by atoms with Gasteiger partial charge in [0.15, 0.2) is 0 Å². The van der Waals surface area contributed by atoms with Crippen molar-refractivity contribution in [1.29, 1.82) is 0 Å². The molecule has 1 heterocycles. The Labute approximate surface area is 191 Å². The maximum Gasteiger partial charge on any atom is 0.253 e. The quantitative estimate of drug-likeness (QED) is 0.544. The van der Waals surface area contributed by atoms with Gasteiger partial charge in [0.25, 0.3) is 5.91 Å². The number of amides is 1. The minimum atomic E-state index is 0.105. The van der Waals surface area contributed by atoms with Gasteiger partial charge in [-0.3, -0.25) is 9.69 Å². The molecule has 1 aliphatic heterocycles. The summed E-state index contributed by atoms with van der Waals surface area (Å²) in [6, 6.07) is 22.7. The van der Waals surface area contributed by atoms with Crippen LogP contribution in [0.4, 0.5) is 0 Å². The zero-order valence-corrected chi connectivity index (χ0v) is 19.3. The first-order valence-corrected chi connectivity index (χ1v) is 11.3. The van der Waals surface area contributed by atoms with E-state index in [2.05, 4.69) is 62.1 Å². The van der Waals surface area contributed by atoms with Crippen LogP contribution in [0.15, 0.2) is 66.7 Å². The molecule has 3 aromatic rings. The summed E-state index contributed by atoms with van der Waals surface area (Å²) in [5.41, 5.74) is 6.70. The van der Waals surface area contributed by atoms with E-state index >= 15 is 0 Å². The molecule has 0 N–H and O–H groups in total. The lowest BCUT2D eigenvalue weighted by Crippen LogP contribution is -2.48. The van der Waals surface area contributed by atoms with Crippen molar-refractivity contribution in [1.82, 2.24) is 9.80 Å². The minimum absolute atomic E-state index is 0.105. The number of carbonyl (C=O) groups excluding carboxylic acids is 1. The Bertz CT molecular complexity index is 1070. The van der Waals surface area contributed by atoms with Crippen LogP contribution < -0.4 is 4.74 Å². The van der Waals surface area contributed by atoms with E-state index in [1.807, 2.05) is 35.2 Å². The molecule has 4 nitrogen and oxygen atoms in total. The predicted molar refractivity (Wildman–Crippen MR) is 129 cm³/mol. The van der Waals surface area contributed by atoms with Crippen molar-refractivity contribution in [2.24, 2.45) is 0 Å². The molecule has 0 aliphatic carbocycles. The zero-order valence-electron chi connectivity index (χ0n) is 19.3. The van der Waals surface area contributed by atoms with Crippen LogP contribution >= 0.6 is 0 Å². The van der Waals surface area contributed by atoms with Gasteiger partial charge in [-0.25, -0.2) is 0 Å². The van der Waals surface area contributed by atoms with Gasteiger partial charge in [-0.15, -0.1) is 0 Å². The third-order valence-electron chi connectivity index (χ3n) is 6.08. The average molecular weight is 429 g/mol. The second kappa shape index (κ2) is 10.0. The van der Waals surface area contributed by atoms with E-state index in [-0.39, 0.29) is 5.91 Å². The van der Waals surface area contributed by atoms with Crippen molar-refractivity contribution >= 4 is 5.91 Å². The van der Waals surface area contributed by atoms with Gasteiger partial charge in [0.05, 0.1) is 0 Å². The number of hydrogen-bond donors (Lipinski definition) is 0. The summed E-state index contributed by atoms with van der Waals surface area (Å²) in [5.74, 6) is 0.991. The predicted octanol–water partition coefficient (Wildman–Crippen LogP) is 5.15. The molecule has 166 valence electrons. The monoisotopic (exact) mass is 428 g/mol. The number of carbonyl (C=O) groups is 1. The van der Waals surface area contributed by atoms with E-state index in [4.69, 9.17) is 4.74 Å². The van der Waals surface area contributed by atoms with Crippen molar-refractivity contribution < 1.29 is 9.53 Å². The molecule has 1 saturated heterocycles. The average Bonchev–Trinajstić information content (AvgIpc) is 2.80. The second-order valence-electron chi connectivity index (χ2n) is 8.81. The highest BCUT2D eigenvalue weighted by Crippen LogP contribution is 2.21. The molecule has 0 atom stereocenters. The lowest BCUT2D eigenvalue weighted by molar-refractivity contribution is 0.0628. The van der Waals surface area contributed by atoms with Gasteiger partial charge in [0, 0.05) is 38.3 Å². The van der Waals surface area contributed by atoms with Crippen LogP contribution in [0, 0.1) is 20.8 Å². The fraction of sp³-hybridized carbons (Fsp3) is 0.321. The Kier molecular flexibility index (Phi) is 6.91. The van der Waals surface area contributed by atoms with Crippen molar-refractivity contribution in [2.75, 3.05) is 26.2 Å². The number of nitrogens with zero attached hydrogens (tertiary/aromatic N) is 2. The van der Waals surface area contributed by atoms with Gasteiger partial charge in [-0.05, 0) is 55.7 Å². The molecule has 1 aliphatic rings. The minimum Gasteiger partial charge on any atom is -0.489 e. The highest BCUT2D eigenvalue weighted by molar-refractivity contribution is 5.94. The van der Waals surface area contributed by atoms with Gasteiger partial charge in [0.2, 0.25) is 0 Å². The van der Waals surface area contributed by atoms with Gasteiger partial charge >= 0.3 is 0 Å². The first kappa shape index (κ1) is 22.1. The fourth-order valence-corrected chi connectivity index (χ4v) is 4.16. The van der Waals surface area contributed by atoms with E-state index < -0.39 is 0 Å². The zero-order chi connectivity index (χ0) is 22.5. The molecule has 0 saturated carbocycles. The van der Waals surface area contributed by atoms with Crippen LogP contribution in [0.5, 0.6) is 5.75 Å². The lowest BCUT2D eigenvalue weighted by Gasteiger charge is -2.35. The van der Waals surface area contributed by atoms with Gasteiger partial charge < -0.3 is 9.64 Å². The normalized spacial score (nSPS) is 14.4. The van der Waals surface area contributed by atoms with E-state index in [1.165, 1.54) is 16.7 Å². The maximum absolute atomic E-state index is 13.1. The molecule has 1 fully saturated rings. The summed E-state index contributed by atoms with van der Waals surface area (Å²) in [6.45, 7) is 10.9. The maximum atomic E-state index is 13.1. The smallest absolute Gasteiger partial charge is 0.253 e. The third kappa shape index (κ3) is 5.57. The van der Waals surface area contributed by atoms with Crippen molar-refractivity contribution in [2.45, 2.75) is 33.9 Å². The number of aryl methyl sites for hydroxylation is 3. The molecule has 3 aromatic carbocycles. The molecular weight excluding hydrogens is 396 g/mol. The molecule has 0 bridgehead atoms. The van der Waals surface area contributed by atoms with Crippen LogP contribution in [0.1, 0.15) is 38.2 Å². The number of ether oxygens (including phenoxy) is 1. The van der Waals surface area contributed by atoms with Crippen LogP contribution in [0.25, 0.3) is 0 Å². The van der Waals surface area contributed by atoms with Crippen LogP contribution in [-0.4, -0.2) is 41.9 Å². The SMILES string of the molecule is Cc1ccc(CN2CCN(C(=O)c3cccc(COc4ccc(C)cc4C)c3)CC2)cc1. The standard InChI is InChI=1S/C28H32N2O2/c1-21-7-10-24(11-8-21)19-29-13-15-30(16-14-29)28(31)26-6-4-5-25(18-26)20-32-27-12-9-22(2)17-23(27)3/h4-12,17-18H,13-16,19-20H2,1-3H3. The summed E-state index contributed by atoms with van der Waals surface area (Å²) in [7, 11) is 0. The summed E-state index contributed by atoms with van der Waals surface area (Å²) in [6.07, 6.45) is 0. The lowest BCUT2D eigenvalue weighted by atomic mass is 10.1. The van der Waals surface area contributed by atoms with E-state index in [1.54, 1.807) is 0 Å². The topological polar surface area (TPSA) is 32.8 Å². The molecule has 32 heavy (non-hydrogen) atoms. The first-order valence-electron chi connectivity index (χ1n) is 11.3. The number of rotatable bonds is 6. The van der Waals surface area contributed by atoms with Crippen LogP contribution in [0.3, 0.4) is 0 Å². The van der Waals surface area contributed by atoms with E-state index in [0.29, 0.717) is 6.61 Å². The van der Waals surface area contributed by atoms with Gasteiger partial charge in [0.1, 0.15) is 12.4 Å². The molecule has 4 heteroatoms. The Morgan fingerprint density at radius 2 is 1.53 bits per heavy atom. The van der Waals surface area contributed by atoms with Crippen LogP contribution in [0.2, 0.25) is 0 Å². The Hall–Kier alpha value is -3.11. The van der Waals surface area contributed by atoms with Crippen molar-refractivity contribution in [3.63, 3.8) is 0 Å². The van der Waals surface area contributed by atoms with Crippen LogP contribution in [-0.2, 0) is 13.2 Å². The van der Waals surface area contributed by atoms with E-state index in [0.717, 1.165) is 55.2 Å². The summed E-state index contributed by atoms with van der Waals surface area (Å²) in [4.78, 5) is 17.5. The molecule has 1 amide bonds. The molecule has 0 spiro atoms. The van der Waals surface area contributed by atoms with E-state index in [9.17, 15) is 4.79 Å². The first-order chi connectivity index (χ1) is 15.5. The highest BCUT2D eigenvalue weighted by atomic mass is 16.5. The summed E-state index contributed by atoms with van der Waals surface area (Å²) in [5, 5.41) is 0. The van der Waals surface area contributed by atoms with Crippen molar-refractivity contribution in [3.8, 4) is 5.75 Å². The summed E-state index contributed by atoms with van der Waals surface area (Å²) >= 11 is 0. The van der Waals surface area contributed by atoms with Gasteiger partial charge in [-0.1, -0.05) is 59.7 Å². The largest absolute Gasteiger partial charge is 0.489 e. The Morgan fingerprint density at radius 3 is 2.25 bits per heavy atom. The molecule has 0 unspecified atom stereocenters. The molecular formula is C28H32N2O2. The molecule has 4 rings (SSSR count). The fourth-order valence-electron chi connectivity index (χ4n) is 4.16.